The minimum Gasteiger partial charge on any atom is -0.314 e. The fraction of sp³-hybridized carbons (Fsp3) is 0.625. The Morgan fingerprint density at radius 3 is 2.52 bits per heavy atom. The Morgan fingerprint density at radius 1 is 1.19 bits per heavy atom. The first-order valence-corrected chi connectivity index (χ1v) is 8.40. The molecule has 5 heteroatoms. The van der Waals surface area contributed by atoms with Crippen molar-refractivity contribution in [3.8, 4) is 0 Å². The molecule has 2 fully saturated rings. The van der Waals surface area contributed by atoms with Gasteiger partial charge in [0.15, 0.2) is 0 Å². The second-order valence-electron chi connectivity index (χ2n) is 6.10. The molecule has 1 N–H and O–H groups in total. The number of nitrogens with one attached hydrogen (secondary N) is 1. The van der Waals surface area contributed by atoms with E-state index in [0.29, 0.717) is 12.6 Å². The fourth-order valence-corrected chi connectivity index (χ4v) is 3.32. The van der Waals surface area contributed by atoms with Gasteiger partial charge in [-0.25, -0.2) is 4.39 Å². The quantitative estimate of drug-likeness (QED) is 0.835. The van der Waals surface area contributed by atoms with E-state index in [1.165, 1.54) is 32.2 Å². The molecule has 3 rings (SSSR count). The smallest absolute Gasteiger partial charge is 0.128 e. The van der Waals surface area contributed by atoms with Crippen molar-refractivity contribution in [2.45, 2.75) is 38.3 Å². The van der Waals surface area contributed by atoms with Gasteiger partial charge in [-0.3, -0.25) is 4.90 Å². The molecule has 1 aliphatic carbocycles. The number of piperidine rings is 1. The fourth-order valence-electron chi connectivity index (χ4n) is 2.86. The molecule has 0 atom stereocenters. The van der Waals surface area contributed by atoms with Gasteiger partial charge in [0, 0.05) is 22.6 Å². The summed E-state index contributed by atoms with van der Waals surface area (Å²) in [6, 6.07) is 5.87. The third-order valence-electron chi connectivity index (χ3n) is 4.42. The molecule has 118 valence electrons. The molecule has 0 aromatic heterocycles. The highest BCUT2D eigenvalue weighted by molar-refractivity contribution is 9.10. The van der Waals surface area contributed by atoms with Crippen molar-refractivity contribution in [3.05, 3.63) is 34.1 Å². The van der Waals surface area contributed by atoms with Gasteiger partial charge >= 0.3 is 0 Å². The highest BCUT2D eigenvalue weighted by Crippen LogP contribution is 2.28. The summed E-state index contributed by atoms with van der Waals surface area (Å²) in [7, 11) is 0. The zero-order chi connectivity index (χ0) is 13.9. The molecular formula is C16H23BrClFN2. The summed E-state index contributed by atoms with van der Waals surface area (Å²) >= 11 is 3.45. The van der Waals surface area contributed by atoms with E-state index in [1.54, 1.807) is 12.1 Å². The first kappa shape index (κ1) is 17.2. The van der Waals surface area contributed by atoms with Crippen molar-refractivity contribution in [1.29, 1.82) is 0 Å². The topological polar surface area (TPSA) is 15.3 Å². The van der Waals surface area contributed by atoms with E-state index in [0.717, 1.165) is 29.0 Å². The predicted octanol–water partition coefficient (Wildman–Crippen LogP) is 3.97. The van der Waals surface area contributed by atoms with Gasteiger partial charge in [-0.05, 0) is 63.4 Å². The van der Waals surface area contributed by atoms with Gasteiger partial charge < -0.3 is 5.32 Å². The van der Waals surface area contributed by atoms with Crippen LogP contribution in [-0.2, 0) is 6.54 Å². The van der Waals surface area contributed by atoms with Gasteiger partial charge in [-0.15, -0.1) is 12.4 Å². The van der Waals surface area contributed by atoms with Crippen molar-refractivity contribution < 1.29 is 4.39 Å². The van der Waals surface area contributed by atoms with Crippen molar-refractivity contribution >= 4 is 28.3 Å². The number of rotatable bonds is 5. The Labute approximate surface area is 141 Å². The van der Waals surface area contributed by atoms with E-state index in [4.69, 9.17) is 0 Å². The van der Waals surface area contributed by atoms with Crippen LogP contribution in [0.25, 0.3) is 0 Å². The molecule has 1 aromatic rings. The molecule has 1 saturated heterocycles. The SMILES string of the molecule is Cl.Fc1cccc(Br)c1CN1CCC(NCC2CC2)CC1. The van der Waals surface area contributed by atoms with Crippen molar-refractivity contribution in [2.24, 2.45) is 5.92 Å². The monoisotopic (exact) mass is 376 g/mol. The second kappa shape index (κ2) is 7.91. The van der Waals surface area contributed by atoms with Crippen LogP contribution in [0.15, 0.2) is 22.7 Å². The molecule has 2 aliphatic rings. The van der Waals surface area contributed by atoms with Crippen LogP contribution >= 0.6 is 28.3 Å². The Morgan fingerprint density at radius 2 is 1.90 bits per heavy atom. The van der Waals surface area contributed by atoms with Gasteiger partial charge in [-0.2, -0.15) is 0 Å². The molecule has 2 nitrogen and oxygen atoms in total. The van der Waals surface area contributed by atoms with Crippen molar-refractivity contribution in [3.63, 3.8) is 0 Å². The van der Waals surface area contributed by atoms with Gasteiger partial charge in [0.25, 0.3) is 0 Å². The van der Waals surface area contributed by atoms with E-state index in [9.17, 15) is 4.39 Å². The lowest BCUT2D eigenvalue weighted by Gasteiger charge is -2.32. The highest BCUT2D eigenvalue weighted by atomic mass is 79.9. The van der Waals surface area contributed by atoms with E-state index < -0.39 is 0 Å². The molecular weight excluding hydrogens is 355 g/mol. The summed E-state index contributed by atoms with van der Waals surface area (Å²) < 4.78 is 14.7. The van der Waals surface area contributed by atoms with Gasteiger partial charge in [0.1, 0.15) is 5.82 Å². The molecule has 0 unspecified atom stereocenters. The maximum absolute atomic E-state index is 13.8. The normalized spacial score (nSPS) is 20.3. The lowest BCUT2D eigenvalue weighted by Crippen LogP contribution is -2.42. The molecule has 1 aromatic carbocycles. The Hall–Kier alpha value is -0.160. The third-order valence-corrected chi connectivity index (χ3v) is 5.17. The summed E-state index contributed by atoms with van der Waals surface area (Å²) in [5.74, 6) is 0.843. The van der Waals surface area contributed by atoms with Gasteiger partial charge in [0.05, 0.1) is 0 Å². The first-order chi connectivity index (χ1) is 9.72. The average Bonchev–Trinajstić information content (AvgIpc) is 3.26. The number of halogens is 3. The van der Waals surface area contributed by atoms with E-state index >= 15 is 0 Å². The van der Waals surface area contributed by atoms with Crippen LogP contribution in [0.5, 0.6) is 0 Å². The lowest BCUT2D eigenvalue weighted by atomic mass is 10.0. The second-order valence-corrected chi connectivity index (χ2v) is 6.96. The van der Waals surface area contributed by atoms with Crippen molar-refractivity contribution in [2.75, 3.05) is 19.6 Å². The predicted molar refractivity (Wildman–Crippen MR) is 90.4 cm³/mol. The van der Waals surface area contributed by atoms with Crippen molar-refractivity contribution in [1.82, 2.24) is 10.2 Å². The summed E-state index contributed by atoms with van der Waals surface area (Å²) in [6.07, 6.45) is 5.18. The summed E-state index contributed by atoms with van der Waals surface area (Å²) in [5, 5.41) is 3.68. The molecule has 1 heterocycles. The minimum atomic E-state index is -0.103. The zero-order valence-corrected chi connectivity index (χ0v) is 14.6. The molecule has 1 aliphatic heterocycles. The first-order valence-electron chi connectivity index (χ1n) is 7.61. The maximum atomic E-state index is 13.8. The number of benzene rings is 1. The van der Waals surface area contributed by atoms with Gasteiger partial charge in [-0.1, -0.05) is 22.0 Å². The number of hydrogen-bond acceptors (Lipinski definition) is 2. The Balaban J connectivity index is 0.00000161. The lowest BCUT2D eigenvalue weighted by molar-refractivity contribution is 0.188. The molecule has 1 saturated carbocycles. The summed E-state index contributed by atoms with van der Waals surface area (Å²) in [6.45, 7) is 4.03. The van der Waals surface area contributed by atoms with E-state index in [2.05, 4.69) is 26.1 Å². The van der Waals surface area contributed by atoms with Gasteiger partial charge in [0.2, 0.25) is 0 Å². The summed E-state index contributed by atoms with van der Waals surface area (Å²) in [4.78, 5) is 2.36. The van der Waals surface area contributed by atoms with Crippen LogP contribution in [0, 0.1) is 11.7 Å². The number of hydrogen-bond donors (Lipinski definition) is 1. The standard InChI is InChI=1S/C16H22BrFN2.ClH/c17-15-2-1-3-16(18)14(15)11-20-8-6-13(7-9-20)19-10-12-4-5-12;/h1-3,12-13,19H,4-11H2;1H. The average molecular weight is 378 g/mol. The highest BCUT2D eigenvalue weighted by Gasteiger charge is 2.24. The Kier molecular flexibility index (Phi) is 6.48. The Bertz CT molecular complexity index is 439. The van der Waals surface area contributed by atoms with Crippen LogP contribution < -0.4 is 5.32 Å². The molecule has 0 bridgehead atoms. The minimum absolute atomic E-state index is 0. The zero-order valence-electron chi connectivity index (χ0n) is 12.2. The van der Waals surface area contributed by atoms with Crippen LogP contribution in [0.4, 0.5) is 4.39 Å². The largest absolute Gasteiger partial charge is 0.314 e. The maximum Gasteiger partial charge on any atom is 0.128 e. The van der Waals surface area contributed by atoms with Crippen LogP contribution in [0.1, 0.15) is 31.2 Å². The van der Waals surface area contributed by atoms with Crippen LogP contribution in [-0.4, -0.2) is 30.6 Å². The molecule has 21 heavy (non-hydrogen) atoms. The van der Waals surface area contributed by atoms with Crippen LogP contribution in [0.3, 0.4) is 0 Å². The molecule has 0 amide bonds. The van der Waals surface area contributed by atoms with E-state index in [-0.39, 0.29) is 18.2 Å². The number of nitrogens with zero attached hydrogens (tertiary/aromatic N) is 1. The van der Waals surface area contributed by atoms with E-state index in [1.807, 2.05) is 6.07 Å². The van der Waals surface area contributed by atoms with Crippen LogP contribution in [0.2, 0.25) is 0 Å². The number of likely N-dealkylation sites (tertiary alicyclic amines) is 1. The third kappa shape index (κ3) is 4.92. The molecule has 0 radical (unpaired) electrons. The molecule has 0 spiro atoms. The summed E-state index contributed by atoms with van der Waals surface area (Å²) in [5.41, 5.74) is 0.789.